The summed E-state index contributed by atoms with van der Waals surface area (Å²) in [7, 11) is 0. The van der Waals surface area contributed by atoms with Crippen molar-refractivity contribution in [3.8, 4) is 5.75 Å². The molecule has 2 rings (SSSR count). The molecule has 0 spiro atoms. The maximum atomic E-state index is 9.18. The fourth-order valence-electron chi connectivity index (χ4n) is 1.74. The van der Waals surface area contributed by atoms with Gasteiger partial charge >= 0.3 is 0 Å². The van der Waals surface area contributed by atoms with Crippen LogP contribution < -0.4 is 5.32 Å². The second kappa shape index (κ2) is 6.43. The Bertz CT molecular complexity index is 470. The van der Waals surface area contributed by atoms with Gasteiger partial charge in [-0.05, 0) is 23.3 Å². The molecular formula is C15H16ClNO. The van der Waals surface area contributed by atoms with Crippen molar-refractivity contribution < 1.29 is 5.11 Å². The SMILES string of the molecule is Oc1ccc(CNCC(Cl)c2ccccc2)cc1. The highest BCUT2D eigenvalue weighted by molar-refractivity contribution is 6.21. The zero-order chi connectivity index (χ0) is 12.8. The van der Waals surface area contributed by atoms with E-state index in [9.17, 15) is 5.11 Å². The van der Waals surface area contributed by atoms with Crippen molar-refractivity contribution in [3.05, 3.63) is 65.7 Å². The van der Waals surface area contributed by atoms with Gasteiger partial charge in [-0.2, -0.15) is 0 Å². The van der Waals surface area contributed by atoms with Gasteiger partial charge in [0.2, 0.25) is 0 Å². The normalized spacial score (nSPS) is 12.3. The van der Waals surface area contributed by atoms with E-state index in [-0.39, 0.29) is 5.38 Å². The first kappa shape index (κ1) is 12.9. The van der Waals surface area contributed by atoms with Gasteiger partial charge in [0, 0.05) is 13.1 Å². The Morgan fingerprint density at radius 2 is 1.67 bits per heavy atom. The second-order valence-electron chi connectivity index (χ2n) is 4.18. The summed E-state index contributed by atoms with van der Waals surface area (Å²) in [4.78, 5) is 0. The largest absolute Gasteiger partial charge is 0.508 e. The Morgan fingerprint density at radius 1 is 1.00 bits per heavy atom. The van der Waals surface area contributed by atoms with Crippen LogP contribution >= 0.6 is 11.6 Å². The van der Waals surface area contributed by atoms with Crippen LogP contribution in [0.3, 0.4) is 0 Å². The number of nitrogens with one attached hydrogen (secondary N) is 1. The molecule has 1 atom stereocenters. The van der Waals surface area contributed by atoms with Crippen LogP contribution in [0.2, 0.25) is 0 Å². The number of halogens is 1. The Kier molecular flexibility index (Phi) is 4.62. The molecule has 0 fully saturated rings. The first-order valence-corrected chi connectivity index (χ1v) is 6.37. The van der Waals surface area contributed by atoms with E-state index in [0.717, 1.165) is 17.7 Å². The van der Waals surface area contributed by atoms with E-state index in [1.807, 2.05) is 42.5 Å². The monoisotopic (exact) mass is 261 g/mol. The number of hydrogen-bond acceptors (Lipinski definition) is 2. The molecule has 18 heavy (non-hydrogen) atoms. The number of hydrogen-bond donors (Lipinski definition) is 2. The molecule has 0 saturated carbocycles. The maximum Gasteiger partial charge on any atom is 0.115 e. The lowest BCUT2D eigenvalue weighted by Crippen LogP contribution is -2.18. The minimum Gasteiger partial charge on any atom is -0.508 e. The van der Waals surface area contributed by atoms with Crippen molar-refractivity contribution in [2.75, 3.05) is 6.54 Å². The van der Waals surface area contributed by atoms with Crippen molar-refractivity contribution in [1.82, 2.24) is 5.32 Å². The number of phenolic OH excluding ortho intramolecular Hbond substituents is 1. The lowest BCUT2D eigenvalue weighted by molar-refractivity contribution is 0.475. The Balaban J connectivity index is 1.80. The van der Waals surface area contributed by atoms with Crippen molar-refractivity contribution in [2.24, 2.45) is 0 Å². The van der Waals surface area contributed by atoms with Gasteiger partial charge in [-0.15, -0.1) is 11.6 Å². The maximum absolute atomic E-state index is 9.18. The van der Waals surface area contributed by atoms with E-state index >= 15 is 0 Å². The third kappa shape index (κ3) is 3.76. The van der Waals surface area contributed by atoms with Gasteiger partial charge in [-0.1, -0.05) is 42.5 Å². The van der Waals surface area contributed by atoms with Gasteiger partial charge in [0.25, 0.3) is 0 Å². The molecule has 3 heteroatoms. The van der Waals surface area contributed by atoms with E-state index in [0.29, 0.717) is 12.3 Å². The molecular weight excluding hydrogens is 246 g/mol. The van der Waals surface area contributed by atoms with Crippen molar-refractivity contribution in [1.29, 1.82) is 0 Å². The van der Waals surface area contributed by atoms with Crippen LogP contribution in [-0.4, -0.2) is 11.7 Å². The average molecular weight is 262 g/mol. The van der Waals surface area contributed by atoms with Gasteiger partial charge in [0.15, 0.2) is 0 Å². The second-order valence-corrected chi connectivity index (χ2v) is 4.70. The Labute approximate surface area is 112 Å². The van der Waals surface area contributed by atoms with Crippen LogP contribution in [0.4, 0.5) is 0 Å². The number of rotatable bonds is 5. The van der Waals surface area contributed by atoms with Gasteiger partial charge in [-0.3, -0.25) is 0 Å². The molecule has 0 aliphatic carbocycles. The zero-order valence-electron chi connectivity index (χ0n) is 10.0. The molecule has 0 aromatic heterocycles. The van der Waals surface area contributed by atoms with Gasteiger partial charge in [0.1, 0.15) is 5.75 Å². The van der Waals surface area contributed by atoms with Gasteiger partial charge in [-0.25, -0.2) is 0 Å². The molecule has 0 radical (unpaired) electrons. The fourth-order valence-corrected chi connectivity index (χ4v) is 1.99. The molecule has 0 aliphatic rings. The van der Waals surface area contributed by atoms with Crippen LogP contribution in [0.5, 0.6) is 5.75 Å². The number of phenols is 1. The van der Waals surface area contributed by atoms with Crippen LogP contribution in [-0.2, 0) is 6.54 Å². The third-order valence-electron chi connectivity index (χ3n) is 2.75. The molecule has 0 aliphatic heterocycles. The highest BCUT2D eigenvalue weighted by atomic mass is 35.5. The quantitative estimate of drug-likeness (QED) is 0.808. The van der Waals surface area contributed by atoms with Crippen molar-refractivity contribution in [3.63, 3.8) is 0 Å². The highest BCUT2D eigenvalue weighted by Crippen LogP contribution is 2.18. The Hall–Kier alpha value is -1.51. The standard InChI is InChI=1S/C15H16ClNO/c16-15(13-4-2-1-3-5-13)11-17-10-12-6-8-14(18)9-7-12/h1-9,15,17-18H,10-11H2. The van der Waals surface area contributed by atoms with Crippen LogP contribution in [0.1, 0.15) is 16.5 Å². The summed E-state index contributed by atoms with van der Waals surface area (Å²) in [5.74, 6) is 0.290. The molecule has 2 aromatic carbocycles. The average Bonchev–Trinajstić information content (AvgIpc) is 2.42. The molecule has 0 bridgehead atoms. The molecule has 2 aromatic rings. The number of alkyl halides is 1. The summed E-state index contributed by atoms with van der Waals surface area (Å²) < 4.78 is 0. The van der Waals surface area contributed by atoms with Crippen molar-refractivity contribution in [2.45, 2.75) is 11.9 Å². The number of aromatic hydroxyl groups is 1. The molecule has 0 saturated heterocycles. The van der Waals surface area contributed by atoms with Gasteiger partial charge < -0.3 is 10.4 Å². The lowest BCUT2D eigenvalue weighted by atomic mass is 10.1. The molecule has 0 heterocycles. The first-order valence-electron chi connectivity index (χ1n) is 5.93. The Morgan fingerprint density at radius 3 is 2.33 bits per heavy atom. The summed E-state index contributed by atoms with van der Waals surface area (Å²) in [6.07, 6.45) is 0. The van der Waals surface area contributed by atoms with Crippen LogP contribution in [0.15, 0.2) is 54.6 Å². The summed E-state index contributed by atoms with van der Waals surface area (Å²) in [5.41, 5.74) is 2.25. The highest BCUT2D eigenvalue weighted by Gasteiger charge is 2.06. The van der Waals surface area contributed by atoms with Gasteiger partial charge in [0.05, 0.1) is 5.38 Å². The van der Waals surface area contributed by atoms with E-state index in [1.165, 1.54) is 0 Å². The topological polar surface area (TPSA) is 32.3 Å². The molecule has 94 valence electrons. The van der Waals surface area contributed by atoms with E-state index in [4.69, 9.17) is 11.6 Å². The summed E-state index contributed by atoms with van der Waals surface area (Å²) >= 11 is 6.30. The lowest BCUT2D eigenvalue weighted by Gasteiger charge is -2.11. The molecule has 0 amide bonds. The number of benzene rings is 2. The van der Waals surface area contributed by atoms with E-state index in [1.54, 1.807) is 12.1 Å². The third-order valence-corrected chi connectivity index (χ3v) is 3.16. The minimum atomic E-state index is -0.0247. The first-order chi connectivity index (χ1) is 8.75. The van der Waals surface area contributed by atoms with Crippen molar-refractivity contribution >= 4 is 11.6 Å². The van der Waals surface area contributed by atoms with Crippen LogP contribution in [0.25, 0.3) is 0 Å². The molecule has 2 N–H and O–H groups in total. The molecule has 2 nitrogen and oxygen atoms in total. The smallest absolute Gasteiger partial charge is 0.115 e. The predicted octanol–water partition coefficient (Wildman–Crippen LogP) is 3.46. The molecule has 1 unspecified atom stereocenters. The zero-order valence-corrected chi connectivity index (χ0v) is 10.8. The summed E-state index contributed by atoms with van der Waals surface area (Å²) in [6, 6.07) is 17.2. The van der Waals surface area contributed by atoms with E-state index in [2.05, 4.69) is 5.32 Å². The predicted molar refractivity (Wildman–Crippen MR) is 74.8 cm³/mol. The summed E-state index contributed by atoms with van der Waals surface area (Å²) in [5, 5.41) is 12.5. The van der Waals surface area contributed by atoms with E-state index < -0.39 is 0 Å². The fraction of sp³-hybridized carbons (Fsp3) is 0.200. The minimum absolute atomic E-state index is 0.0247. The van der Waals surface area contributed by atoms with Crippen LogP contribution in [0, 0.1) is 0 Å². The summed E-state index contributed by atoms with van der Waals surface area (Å²) in [6.45, 7) is 1.46.